The molecule has 8 nitrogen and oxygen atoms in total. The Bertz CT molecular complexity index is 1120. The zero-order chi connectivity index (χ0) is 22.3. The van der Waals surface area contributed by atoms with Gasteiger partial charge in [-0.3, -0.25) is 14.4 Å². The van der Waals surface area contributed by atoms with E-state index < -0.39 is 29.8 Å². The summed E-state index contributed by atoms with van der Waals surface area (Å²) in [6.07, 6.45) is 3.07. The first-order valence-corrected chi connectivity index (χ1v) is 10.00. The molecule has 1 saturated heterocycles. The Labute approximate surface area is 176 Å². The number of nitrogens with zero attached hydrogens (tertiary/aromatic N) is 4. The number of hydrogen-bond acceptors (Lipinski definition) is 5. The molecule has 1 N–H and O–H groups in total. The van der Waals surface area contributed by atoms with Crippen molar-refractivity contribution in [2.45, 2.75) is 31.7 Å². The summed E-state index contributed by atoms with van der Waals surface area (Å²) in [4.78, 5) is 45.1. The second-order valence-corrected chi connectivity index (χ2v) is 7.96. The molecule has 0 aromatic carbocycles. The highest BCUT2D eigenvalue weighted by atomic mass is 19.3. The van der Waals surface area contributed by atoms with Gasteiger partial charge >= 0.3 is 0 Å². The average molecular weight is 432 g/mol. The van der Waals surface area contributed by atoms with E-state index in [0.717, 1.165) is 4.90 Å². The standard InChI is InChI=1S/C21H22F2N4O4/c1-25-10-13-11-26(20(31)17-15(28)4-2-7-24-17)9-5-14(13)16(18(25)29)19(30)27-8-3-6-21(22,23)12-27/h2,4,7,10,28H,3,5-6,8-9,11-12H2,1H3. The van der Waals surface area contributed by atoms with Crippen LogP contribution in [-0.2, 0) is 20.0 Å². The zero-order valence-electron chi connectivity index (χ0n) is 17.0. The van der Waals surface area contributed by atoms with Crippen LogP contribution >= 0.6 is 0 Å². The number of amides is 2. The number of aromatic hydroxyl groups is 1. The number of alkyl halides is 2. The van der Waals surface area contributed by atoms with E-state index in [1.165, 1.54) is 34.8 Å². The SMILES string of the molecule is Cn1cc2c(c(C(=O)N3CCCC(F)(F)C3)c1=O)CCN(C(=O)c1ncccc1O)C2. The quantitative estimate of drug-likeness (QED) is 0.777. The smallest absolute Gasteiger partial charge is 0.276 e. The molecule has 4 heterocycles. The van der Waals surface area contributed by atoms with E-state index in [1.807, 2.05) is 0 Å². The van der Waals surface area contributed by atoms with Gasteiger partial charge in [0.05, 0.1) is 6.54 Å². The number of rotatable bonds is 2. The molecule has 31 heavy (non-hydrogen) atoms. The maximum Gasteiger partial charge on any atom is 0.276 e. The van der Waals surface area contributed by atoms with Gasteiger partial charge in [0.25, 0.3) is 23.3 Å². The highest BCUT2D eigenvalue weighted by Crippen LogP contribution is 2.29. The number of pyridine rings is 2. The Balaban J connectivity index is 1.66. The Morgan fingerprint density at radius 3 is 2.68 bits per heavy atom. The molecule has 2 aliphatic heterocycles. The number of aryl methyl sites for hydroxylation is 1. The predicted octanol–water partition coefficient (Wildman–Crippen LogP) is 1.56. The maximum absolute atomic E-state index is 13.8. The Kier molecular flexibility index (Phi) is 5.24. The van der Waals surface area contributed by atoms with Crippen LogP contribution in [0.3, 0.4) is 0 Å². The lowest BCUT2D eigenvalue weighted by Crippen LogP contribution is -2.48. The second kappa shape index (κ2) is 7.75. The normalized spacial score (nSPS) is 17.9. The van der Waals surface area contributed by atoms with E-state index in [1.54, 1.807) is 6.20 Å². The lowest BCUT2D eigenvalue weighted by Gasteiger charge is -2.34. The maximum atomic E-state index is 13.8. The van der Waals surface area contributed by atoms with Crippen LogP contribution in [0.4, 0.5) is 8.78 Å². The van der Waals surface area contributed by atoms with Crippen LogP contribution in [0.5, 0.6) is 5.75 Å². The van der Waals surface area contributed by atoms with Gasteiger partial charge in [-0.2, -0.15) is 0 Å². The summed E-state index contributed by atoms with van der Waals surface area (Å²) in [5.41, 5.74) is 0.341. The van der Waals surface area contributed by atoms with Crippen molar-refractivity contribution in [2.24, 2.45) is 7.05 Å². The lowest BCUT2D eigenvalue weighted by molar-refractivity contribution is -0.0561. The molecule has 1 fully saturated rings. The van der Waals surface area contributed by atoms with Crippen LogP contribution in [0.25, 0.3) is 0 Å². The number of fused-ring (bicyclic) bond motifs is 1. The van der Waals surface area contributed by atoms with Crippen LogP contribution in [0.1, 0.15) is 44.8 Å². The van der Waals surface area contributed by atoms with E-state index in [0.29, 0.717) is 11.1 Å². The number of carbonyl (C=O) groups is 2. The van der Waals surface area contributed by atoms with Crippen molar-refractivity contribution in [3.63, 3.8) is 0 Å². The molecule has 4 rings (SSSR count). The molecule has 2 aromatic heterocycles. The first-order chi connectivity index (χ1) is 14.7. The summed E-state index contributed by atoms with van der Waals surface area (Å²) in [5, 5.41) is 9.92. The van der Waals surface area contributed by atoms with Gasteiger partial charge in [-0.25, -0.2) is 13.8 Å². The van der Waals surface area contributed by atoms with Gasteiger partial charge in [0.2, 0.25) is 0 Å². The fourth-order valence-corrected chi connectivity index (χ4v) is 4.19. The highest BCUT2D eigenvalue weighted by Gasteiger charge is 2.39. The van der Waals surface area contributed by atoms with Gasteiger partial charge in [-0.15, -0.1) is 0 Å². The molecule has 2 aromatic rings. The molecule has 0 spiro atoms. The van der Waals surface area contributed by atoms with Crippen molar-refractivity contribution in [1.82, 2.24) is 19.4 Å². The second-order valence-electron chi connectivity index (χ2n) is 7.96. The number of likely N-dealkylation sites (tertiary alicyclic amines) is 1. The van der Waals surface area contributed by atoms with Gasteiger partial charge in [-0.1, -0.05) is 0 Å². The van der Waals surface area contributed by atoms with E-state index in [9.17, 15) is 28.3 Å². The first kappa shape index (κ1) is 21.0. The van der Waals surface area contributed by atoms with E-state index in [2.05, 4.69) is 4.98 Å². The molecule has 0 radical (unpaired) electrons. The Morgan fingerprint density at radius 2 is 1.97 bits per heavy atom. The van der Waals surface area contributed by atoms with Crippen molar-refractivity contribution >= 4 is 11.8 Å². The number of aromatic nitrogens is 2. The third-order valence-electron chi connectivity index (χ3n) is 5.74. The molecule has 2 amide bonds. The van der Waals surface area contributed by atoms with Crippen LogP contribution in [-0.4, -0.2) is 61.8 Å². The minimum atomic E-state index is -2.97. The van der Waals surface area contributed by atoms with Gasteiger partial charge in [0.1, 0.15) is 11.3 Å². The molecule has 0 bridgehead atoms. The summed E-state index contributed by atoms with van der Waals surface area (Å²) in [6, 6.07) is 2.88. The van der Waals surface area contributed by atoms with Gasteiger partial charge in [0, 0.05) is 45.5 Å². The summed E-state index contributed by atoms with van der Waals surface area (Å²) in [5.74, 6) is -4.37. The van der Waals surface area contributed by atoms with Crippen molar-refractivity contribution in [2.75, 3.05) is 19.6 Å². The van der Waals surface area contributed by atoms with E-state index >= 15 is 0 Å². The third kappa shape index (κ3) is 3.89. The van der Waals surface area contributed by atoms with Gasteiger partial charge in [0.15, 0.2) is 5.69 Å². The molecule has 164 valence electrons. The van der Waals surface area contributed by atoms with E-state index in [-0.39, 0.29) is 55.9 Å². The van der Waals surface area contributed by atoms with E-state index in [4.69, 9.17) is 0 Å². The number of piperidine rings is 1. The number of carbonyl (C=O) groups excluding carboxylic acids is 2. The lowest BCUT2D eigenvalue weighted by atomic mass is 9.95. The molecule has 0 saturated carbocycles. The van der Waals surface area contributed by atoms with Crippen LogP contribution in [0.15, 0.2) is 29.3 Å². The molecule has 0 aliphatic carbocycles. The molecule has 0 unspecified atom stereocenters. The monoisotopic (exact) mass is 432 g/mol. The van der Waals surface area contributed by atoms with Gasteiger partial charge in [-0.05, 0) is 36.1 Å². The molecule has 2 aliphatic rings. The Morgan fingerprint density at radius 1 is 1.19 bits per heavy atom. The summed E-state index contributed by atoms with van der Waals surface area (Å²) >= 11 is 0. The fourth-order valence-electron chi connectivity index (χ4n) is 4.19. The van der Waals surface area contributed by atoms with Crippen molar-refractivity contribution < 1.29 is 23.5 Å². The minimum Gasteiger partial charge on any atom is -0.505 e. The molecule has 10 heteroatoms. The summed E-state index contributed by atoms with van der Waals surface area (Å²) in [6.45, 7) is -0.229. The fraction of sp³-hybridized carbons (Fsp3) is 0.429. The van der Waals surface area contributed by atoms with Crippen molar-refractivity contribution in [1.29, 1.82) is 0 Å². The molecular formula is C21H22F2N4O4. The first-order valence-electron chi connectivity index (χ1n) is 10.00. The van der Waals surface area contributed by atoms with Crippen LogP contribution < -0.4 is 5.56 Å². The van der Waals surface area contributed by atoms with Crippen molar-refractivity contribution in [3.05, 3.63) is 57.3 Å². The van der Waals surface area contributed by atoms with Gasteiger partial charge < -0.3 is 19.5 Å². The summed E-state index contributed by atoms with van der Waals surface area (Å²) < 4.78 is 28.9. The molecule has 0 atom stereocenters. The number of halogens is 2. The van der Waals surface area contributed by atoms with Crippen LogP contribution in [0, 0.1) is 0 Å². The largest absolute Gasteiger partial charge is 0.505 e. The Hall–Kier alpha value is -3.30. The van der Waals surface area contributed by atoms with Crippen LogP contribution in [0.2, 0.25) is 0 Å². The topological polar surface area (TPSA) is 95.7 Å². The number of hydrogen-bond donors (Lipinski definition) is 1. The molecular weight excluding hydrogens is 410 g/mol. The summed E-state index contributed by atoms with van der Waals surface area (Å²) in [7, 11) is 1.48. The minimum absolute atomic E-state index is 0.0809. The van der Waals surface area contributed by atoms with Crippen molar-refractivity contribution in [3.8, 4) is 5.75 Å². The zero-order valence-corrected chi connectivity index (χ0v) is 17.0. The average Bonchev–Trinajstić information content (AvgIpc) is 2.73. The predicted molar refractivity (Wildman–Crippen MR) is 106 cm³/mol. The third-order valence-corrected chi connectivity index (χ3v) is 5.74. The highest BCUT2D eigenvalue weighted by molar-refractivity contribution is 5.97.